The van der Waals surface area contributed by atoms with Crippen molar-refractivity contribution in [1.82, 2.24) is 0 Å². The Bertz CT molecular complexity index is 899. The van der Waals surface area contributed by atoms with Gasteiger partial charge in [-0.2, -0.15) is 0 Å². The molecule has 1 N–H and O–H groups in total. The minimum atomic E-state index is -3.26. The van der Waals surface area contributed by atoms with Crippen LogP contribution in [-0.2, 0) is 21.2 Å². The van der Waals surface area contributed by atoms with Gasteiger partial charge >= 0.3 is 0 Å². The molecule has 1 aliphatic rings. The molecular weight excluding hydrogens is 383 g/mol. The maximum atomic E-state index is 12.2. The van der Waals surface area contributed by atoms with E-state index < -0.39 is 10.0 Å². The van der Waals surface area contributed by atoms with Crippen LogP contribution in [0.2, 0.25) is 10.0 Å². The van der Waals surface area contributed by atoms with Gasteiger partial charge in [-0.25, -0.2) is 8.42 Å². The van der Waals surface area contributed by atoms with Crippen LogP contribution < -0.4 is 9.62 Å². The van der Waals surface area contributed by atoms with Gasteiger partial charge in [-0.15, -0.1) is 0 Å². The number of carbonyl (C=O) groups excluding carboxylic acids is 1. The molecule has 0 spiro atoms. The Kier molecular flexibility index (Phi) is 5.22. The van der Waals surface area contributed by atoms with Gasteiger partial charge in [0.1, 0.15) is 0 Å². The molecule has 1 heterocycles. The molecule has 1 saturated heterocycles. The highest BCUT2D eigenvalue weighted by Gasteiger charge is 2.28. The predicted molar refractivity (Wildman–Crippen MR) is 101 cm³/mol. The van der Waals surface area contributed by atoms with Gasteiger partial charge in [0, 0.05) is 11.6 Å². The molecule has 0 bridgehead atoms. The third-order valence-electron chi connectivity index (χ3n) is 3.89. The summed E-state index contributed by atoms with van der Waals surface area (Å²) in [5, 5.41) is 3.65. The fraction of sp³-hybridized carbons (Fsp3) is 0.235. The van der Waals surface area contributed by atoms with Gasteiger partial charge in [-0.1, -0.05) is 35.3 Å². The highest BCUT2D eigenvalue weighted by atomic mass is 35.5. The number of rotatable bonds is 4. The lowest BCUT2D eigenvalue weighted by Crippen LogP contribution is -2.25. The van der Waals surface area contributed by atoms with Gasteiger partial charge in [0.15, 0.2) is 0 Å². The van der Waals surface area contributed by atoms with Gasteiger partial charge in [0.25, 0.3) is 0 Å². The molecule has 1 fully saturated rings. The van der Waals surface area contributed by atoms with Crippen LogP contribution in [0.5, 0.6) is 0 Å². The summed E-state index contributed by atoms with van der Waals surface area (Å²) < 4.78 is 25.3. The lowest BCUT2D eigenvalue weighted by Gasteiger charge is -2.18. The van der Waals surface area contributed by atoms with Crippen molar-refractivity contribution in [2.24, 2.45) is 0 Å². The van der Waals surface area contributed by atoms with Crippen molar-refractivity contribution in [2.75, 3.05) is 21.9 Å². The normalized spacial score (nSPS) is 16.0. The summed E-state index contributed by atoms with van der Waals surface area (Å²) >= 11 is 12.0. The number of halogens is 2. The largest absolute Gasteiger partial charge is 0.324 e. The van der Waals surface area contributed by atoms with Crippen molar-refractivity contribution in [1.29, 1.82) is 0 Å². The third-order valence-corrected chi connectivity index (χ3v) is 6.33. The molecule has 0 saturated carbocycles. The number of sulfonamides is 1. The first-order valence-corrected chi connectivity index (χ1v) is 10.1. The Labute approximate surface area is 156 Å². The van der Waals surface area contributed by atoms with E-state index in [0.29, 0.717) is 34.4 Å². The molecule has 132 valence electrons. The number of hydrogen-bond acceptors (Lipinski definition) is 3. The molecule has 0 aliphatic carbocycles. The summed E-state index contributed by atoms with van der Waals surface area (Å²) in [7, 11) is -3.26. The van der Waals surface area contributed by atoms with Gasteiger partial charge < -0.3 is 5.32 Å². The second-order valence-electron chi connectivity index (χ2n) is 5.76. The van der Waals surface area contributed by atoms with E-state index in [2.05, 4.69) is 5.32 Å². The van der Waals surface area contributed by atoms with E-state index in [0.717, 1.165) is 5.56 Å². The van der Waals surface area contributed by atoms with Crippen molar-refractivity contribution >= 4 is 50.5 Å². The van der Waals surface area contributed by atoms with E-state index >= 15 is 0 Å². The number of benzene rings is 2. The number of hydrogen-bond donors (Lipinski definition) is 1. The average Bonchev–Trinajstić information content (AvgIpc) is 2.91. The molecule has 25 heavy (non-hydrogen) atoms. The molecule has 5 nitrogen and oxygen atoms in total. The third kappa shape index (κ3) is 4.26. The Balaban J connectivity index is 1.71. The van der Waals surface area contributed by atoms with Gasteiger partial charge in [-0.3, -0.25) is 9.10 Å². The number of amides is 1. The monoisotopic (exact) mass is 398 g/mol. The summed E-state index contributed by atoms with van der Waals surface area (Å²) in [5.74, 6) is -0.0738. The summed E-state index contributed by atoms with van der Waals surface area (Å²) in [4.78, 5) is 12.2. The zero-order valence-electron chi connectivity index (χ0n) is 13.2. The van der Waals surface area contributed by atoms with Crippen LogP contribution in [0.4, 0.5) is 11.4 Å². The molecule has 0 radical (unpaired) electrons. The Morgan fingerprint density at radius 3 is 2.44 bits per heavy atom. The molecule has 8 heteroatoms. The zero-order chi connectivity index (χ0) is 18.0. The van der Waals surface area contributed by atoms with Crippen molar-refractivity contribution in [3.8, 4) is 0 Å². The van der Waals surface area contributed by atoms with E-state index in [4.69, 9.17) is 23.2 Å². The van der Waals surface area contributed by atoms with Crippen molar-refractivity contribution < 1.29 is 13.2 Å². The summed E-state index contributed by atoms with van der Waals surface area (Å²) in [6, 6.07) is 11.8. The van der Waals surface area contributed by atoms with Crippen molar-refractivity contribution in [3.63, 3.8) is 0 Å². The molecule has 3 rings (SSSR count). The highest BCUT2D eigenvalue weighted by molar-refractivity contribution is 7.93. The fourth-order valence-electron chi connectivity index (χ4n) is 2.67. The number of anilines is 2. The Morgan fingerprint density at radius 1 is 1.12 bits per heavy atom. The molecule has 2 aromatic carbocycles. The second kappa shape index (κ2) is 7.23. The lowest BCUT2D eigenvalue weighted by atomic mass is 10.1. The van der Waals surface area contributed by atoms with E-state index in [9.17, 15) is 13.2 Å². The van der Waals surface area contributed by atoms with Crippen molar-refractivity contribution in [2.45, 2.75) is 12.8 Å². The number of nitrogens with one attached hydrogen (secondary N) is 1. The lowest BCUT2D eigenvalue weighted by molar-refractivity contribution is -0.115. The Morgan fingerprint density at radius 2 is 1.84 bits per heavy atom. The van der Waals surface area contributed by atoms with E-state index in [1.165, 1.54) is 4.31 Å². The quantitative estimate of drug-likeness (QED) is 0.853. The molecule has 1 amide bonds. The highest BCUT2D eigenvalue weighted by Crippen LogP contribution is 2.31. The van der Waals surface area contributed by atoms with E-state index in [-0.39, 0.29) is 18.1 Å². The smallest absolute Gasteiger partial charge is 0.235 e. The predicted octanol–water partition coefficient (Wildman–Crippen LogP) is 3.71. The van der Waals surface area contributed by atoms with Crippen LogP contribution in [-0.4, -0.2) is 26.6 Å². The van der Waals surface area contributed by atoms with Crippen LogP contribution in [0.3, 0.4) is 0 Å². The molecular formula is C17H16Cl2N2O3S. The molecule has 1 aliphatic heterocycles. The maximum absolute atomic E-state index is 12.2. The zero-order valence-corrected chi connectivity index (χ0v) is 15.5. The first-order valence-electron chi connectivity index (χ1n) is 7.69. The second-order valence-corrected chi connectivity index (χ2v) is 8.61. The van der Waals surface area contributed by atoms with Crippen LogP contribution in [0.25, 0.3) is 0 Å². The molecule has 0 atom stereocenters. The summed E-state index contributed by atoms with van der Waals surface area (Å²) in [6.07, 6.45) is 0.787. The minimum Gasteiger partial charge on any atom is -0.324 e. The topological polar surface area (TPSA) is 66.5 Å². The van der Waals surface area contributed by atoms with E-state index in [1.807, 2.05) is 0 Å². The van der Waals surface area contributed by atoms with Gasteiger partial charge in [0.05, 0.1) is 28.6 Å². The minimum absolute atomic E-state index is 0.143. The molecule has 2 aromatic rings. The summed E-state index contributed by atoms with van der Waals surface area (Å²) in [6.45, 7) is 0.445. The van der Waals surface area contributed by atoms with Crippen LogP contribution in [0.1, 0.15) is 12.0 Å². The van der Waals surface area contributed by atoms with Crippen molar-refractivity contribution in [3.05, 3.63) is 58.1 Å². The van der Waals surface area contributed by atoms with Crippen LogP contribution in [0, 0.1) is 0 Å². The molecule has 0 aromatic heterocycles. The number of nitrogens with zero attached hydrogens (tertiary/aromatic N) is 1. The SMILES string of the molecule is O=C(Cc1ccc(Cl)cc1)Nc1ccc(N2CCCS2(=O)=O)cc1Cl. The average molecular weight is 399 g/mol. The first kappa shape index (κ1) is 18.0. The van der Waals surface area contributed by atoms with Crippen LogP contribution in [0.15, 0.2) is 42.5 Å². The maximum Gasteiger partial charge on any atom is 0.235 e. The standard InChI is InChI=1S/C17H16Cl2N2O3S/c18-13-4-2-12(3-5-13)10-17(22)20-16-7-6-14(11-15(16)19)21-8-1-9-25(21,23)24/h2-7,11H,1,8-10H2,(H,20,22). The number of carbonyl (C=O) groups is 1. The first-order chi connectivity index (χ1) is 11.8. The van der Waals surface area contributed by atoms with Gasteiger partial charge in [0.2, 0.25) is 15.9 Å². The van der Waals surface area contributed by atoms with E-state index in [1.54, 1.807) is 42.5 Å². The Hall–Kier alpha value is -1.76. The summed E-state index contributed by atoms with van der Waals surface area (Å²) in [5.41, 5.74) is 1.79. The van der Waals surface area contributed by atoms with Gasteiger partial charge in [-0.05, 0) is 42.3 Å². The fourth-order valence-corrected chi connectivity index (χ4v) is 4.58. The van der Waals surface area contributed by atoms with Crippen LogP contribution >= 0.6 is 23.2 Å². The molecule has 0 unspecified atom stereocenters.